The minimum absolute atomic E-state index is 0.0301. The van der Waals surface area contributed by atoms with Gasteiger partial charge in [0, 0.05) is 18.0 Å². The molecule has 0 radical (unpaired) electrons. The van der Waals surface area contributed by atoms with Crippen LogP contribution in [0.4, 0.5) is 0 Å². The second-order valence-electron chi connectivity index (χ2n) is 5.84. The van der Waals surface area contributed by atoms with Gasteiger partial charge in [-0.1, -0.05) is 43.0 Å². The third-order valence-electron chi connectivity index (χ3n) is 4.29. The van der Waals surface area contributed by atoms with E-state index in [0.717, 1.165) is 18.4 Å². The Hall–Kier alpha value is -1.06. The summed E-state index contributed by atoms with van der Waals surface area (Å²) in [4.78, 5) is 12.1. The SMILES string of the molecule is NCC1(CC(=O)NCc2ccc(Cl)cc2)CCCCC1. The van der Waals surface area contributed by atoms with Crippen molar-refractivity contribution in [1.82, 2.24) is 5.32 Å². The fourth-order valence-corrected chi connectivity index (χ4v) is 3.09. The van der Waals surface area contributed by atoms with E-state index >= 15 is 0 Å². The first-order valence-corrected chi connectivity index (χ1v) is 7.73. The fraction of sp³-hybridized carbons (Fsp3) is 0.562. The largest absolute Gasteiger partial charge is 0.352 e. The second-order valence-corrected chi connectivity index (χ2v) is 6.28. The second kappa shape index (κ2) is 7.09. The summed E-state index contributed by atoms with van der Waals surface area (Å²) in [5, 5.41) is 3.70. The molecule has 1 aromatic rings. The van der Waals surface area contributed by atoms with Gasteiger partial charge in [0.1, 0.15) is 0 Å². The van der Waals surface area contributed by atoms with Gasteiger partial charge in [-0.15, -0.1) is 0 Å². The molecule has 1 aliphatic rings. The van der Waals surface area contributed by atoms with Crippen molar-refractivity contribution in [2.24, 2.45) is 11.1 Å². The normalized spacial score (nSPS) is 17.7. The molecule has 2 rings (SSSR count). The summed E-state index contributed by atoms with van der Waals surface area (Å²) >= 11 is 5.84. The van der Waals surface area contributed by atoms with E-state index in [2.05, 4.69) is 5.32 Å². The van der Waals surface area contributed by atoms with Gasteiger partial charge in [-0.2, -0.15) is 0 Å². The zero-order chi connectivity index (χ0) is 14.4. The van der Waals surface area contributed by atoms with E-state index in [9.17, 15) is 4.79 Å². The Labute approximate surface area is 125 Å². The van der Waals surface area contributed by atoms with Crippen LogP contribution in [0.15, 0.2) is 24.3 Å². The summed E-state index contributed by atoms with van der Waals surface area (Å²) in [6.07, 6.45) is 6.38. The number of hydrogen-bond donors (Lipinski definition) is 2. The minimum Gasteiger partial charge on any atom is -0.352 e. The highest BCUT2D eigenvalue weighted by molar-refractivity contribution is 6.30. The maximum absolute atomic E-state index is 12.1. The van der Waals surface area contributed by atoms with Crippen molar-refractivity contribution in [2.45, 2.75) is 45.1 Å². The van der Waals surface area contributed by atoms with Gasteiger partial charge in [-0.25, -0.2) is 0 Å². The van der Waals surface area contributed by atoms with Crippen LogP contribution in [0.2, 0.25) is 5.02 Å². The van der Waals surface area contributed by atoms with Gasteiger partial charge in [-0.05, 0) is 42.5 Å². The summed E-state index contributed by atoms with van der Waals surface area (Å²) < 4.78 is 0. The summed E-state index contributed by atoms with van der Waals surface area (Å²) in [5.41, 5.74) is 7.01. The van der Waals surface area contributed by atoms with E-state index in [-0.39, 0.29) is 11.3 Å². The Morgan fingerprint density at radius 3 is 2.45 bits per heavy atom. The van der Waals surface area contributed by atoms with E-state index in [1.165, 1.54) is 19.3 Å². The Morgan fingerprint density at radius 1 is 1.20 bits per heavy atom. The molecule has 0 unspecified atom stereocenters. The van der Waals surface area contributed by atoms with Crippen LogP contribution in [0.25, 0.3) is 0 Å². The average Bonchev–Trinajstić information content (AvgIpc) is 2.47. The number of nitrogens with one attached hydrogen (secondary N) is 1. The number of halogens is 1. The number of nitrogens with two attached hydrogens (primary N) is 1. The molecule has 1 aliphatic carbocycles. The number of carbonyl (C=O) groups is 1. The monoisotopic (exact) mass is 294 g/mol. The first-order chi connectivity index (χ1) is 9.63. The van der Waals surface area contributed by atoms with Crippen molar-refractivity contribution < 1.29 is 4.79 Å². The van der Waals surface area contributed by atoms with E-state index in [4.69, 9.17) is 17.3 Å². The van der Waals surface area contributed by atoms with Crippen LogP contribution in [0.3, 0.4) is 0 Å². The Morgan fingerprint density at radius 2 is 1.85 bits per heavy atom. The zero-order valence-electron chi connectivity index (χ0n) is 11.8. The molecule has 4 heteroatoms. The highest BCUT2D eigenvalue weighted by atomic mass is 35.5. The number of amides is 1. The third-order valence-corrected chi connectivity index (χ3v) is 4.54. The van der Waals surface area contributed by atoms with Gasteiger partial charge in [-0.3, -0.25) is 4.79 Å². The Balaban J connectivity index is 1.83. The molecule has 0 heterocycles. The predicted octanol–water partition coefficient (Wildman–Crippen LogP) is 3.26. The van der Waals surface area contributed by atoms with Crippen LogP contribution in [0.1, 0.15) is 44.1 Å². The number of hydrogen-bond acceptors (Lipinski definition) is 2. The maximum atomic E-state index is 12.1. The molecule has 0 bridgehead atoms. The topological polar surface area (TPSA) is 55.1 Å². The molecule has 1 saturated carbocycles. The molecule has 0 atom stereocenters. The van der Waals surface area contributed by atoms with Gasteiger partial charge in [0.2, 0.25) is 5.91 Å². The lowest BCUT2D eigenvalue weighted by atomic mass is 9.71. The molecular weight excluding hydrogens is 272 g/mol. The molecule has 0 aliphatic heterocycles. The molecule has 3 N–H and O–H groups in total. The molecule has 1 fully saturated rings. The minimum atomic E-state index is 0.0301. The van der Waals surface area contributed by atoms with Gasteiger partial charge in [0.05, 0.1) is 0 Å². The van der Waals surface area contributed by atoms with Crippen LogP contribution >= 0.6 is 11.6 Å². The van der Waals surface area contributed by atoms with Gasteiger partial charge < -0.3 is 11.1 Å². The van der Waals surface area contributed by atoms with E-state index in [1.807, 2.05) is 24.3 Å². The van der Waals surface area contributed by atoms with Crippen LogP contribution < -0.4 is 11.1 Å². The standard InChI is InChI=1S/C16H23ClN2O/c17-14-6-4-13(5-7-14)11-19-15(20)10-16(12-18)8-2-1-3-9-16/h4-7H,1-3,8-12,18H2,(H,19,20). The molecule has 3 nitrogen and oxygen atoms in total. The third kappa shape index (κ3) is 4.22. The Kier molecular flexibility index (Phi) is 5.44. The van der Waals surface area contributed by atoms with Crippen molar-refractivity contribution in [3.63, 3.8) is 0 Å². The quantitative estimate of drug-likeness (QED) is 0.876. The fourth-order valence-electron chi connectivity index (χ4n) is 2.96. The summed E-state index contributed by atoms with van der Waals surface area (Å²) in [7, 11) is 0. The predicted molar refractivity (Wildman–Crippen MR) is 82.5 cm³/mol. The smallest absolute Gasteiger partial charge is 0.220 e. The van der Waals surface area contributed by atoms with Gasteiger partial charge in [0.25, 0.3) is 0 Å². The molecule has 1 amide bonds. The molecular formula is C16H23ClN2O. The average molecular weight is 295 g/mol. The van der Waals surface area contributed by atoms with Crippen LogP contribution in [-0.2, 0) is 11.3 Å². The molecule has 1 aromatic carbocycles. The summed E-state index contributed by atoms with van der Waals surface area (Å²) in [5.74, 6) is 0.104. The first-order valence-electron chi connectivity index (χ1n) is 7.35. The highest BCUT2D eigenvalue weighted by Crippen LogP contribution is 2.38. The lowest BCUT2D eigenvalue weighted by Crippen LogP contribution is -2.38. The number of benzene rings is 1. The number of carbonyl (C=O) groups excluding carboxylic acids is 1. The number of rotatable bonds is 5. The van der Waals surface area contributed by atoms with Gasteiger partial charge >= 0.3 is 0 Å². The summed E-state index contributed by atoms with van der Waals surface area (Å²) in [6.45, 7) is 1.16. The van der Waals surface area contributed by atoms with Crippen LogP contribution in [-0.4, -0.2) is 12.5 Å². The molecule has 0 spiro atoms. The van der Waals surface area contributed by atoms with Crippen LogP contribution in [0.5, 0.6) is 0 Å². The molecule has 0 aromatic heterocycles. The summed E-state index contributed by atoms with van der Waals surface area (Å²) in [6, 6.07) is 7.54. The van der Waals surface area contributed by atoms with E-state index < -0.39 is 0 Å². The Bertz CT molecular complexity index is 438. The maximum Gasteiger partial charge on any atom is 0.220 e. The van der Waals surface area contributed by atoms with Crippen molar-refractivity contribution in [3.05, 3.63) is 34.9 Å². The zero-order valence-corrected chi connectivity index (χ0v) is 12.6. The van der Waals surface area contributed by atoms with Gasteiger partial charge in [0.15, 0.2) is 0 Å². The molecule has 0 saturated heterocycles. The highest BCUT2D eigenvalue weighted by Gasteiger charge is 2.32. The molecule has 110 valence electrons. The lowest BCUT2D eigenvalue weighted by molar-refractivity contribution is -0.124. The van der Waals surface area contributed by atoms with Crippen molar-refractivity contribution in [1.29, 1.82) is 0 Å². The van der Waals surface area contributed by atoms with Crippen molar-refractivity contribution in [3.8, 4) is 0 Å². The van der Waals surface area contributed by atoms with E-state index in [1.54, 1.807) is 0 Å². The molecule has 20 heavy (non-hydrogen) atoms. The lowest BCUT2D eigenvalue weighted by Gasteiger charge is -2.35. The van der Waals surface area contributed by atoms with Crippen LogP contribution in [0, 0.1) is 5.41 Å². The van der Waals surface area contributed by atoms with Crippen molar-refractivity contribution >= 4 is 17.5 Å². The van der Waals surface area contributed by atoms with Crippen molar-refractivity contribution in [2.75, 3.05) is 6.54 Å². The van der Waals surface area contributed by atoms with E-state index in [0.29, 0.717) is 24.5 Å². The first kappa shape index (κ1) is 15.3.